The fraction of sp³-hybridized carbons (Fsp3) is 0.174. The van der Waals surface area contributed by atoms with Gasteiger partial charge in [0, 0.05) is 5.02 Å². The number of aliphatic carboxylic acids is 1. The molecule has 7 heteroatoms. The molecule has 0 unspecified atom stereocenters. The van der Waals surface area contributed by atoms with Crippen molar-refractivity contribution in [3.8, 4) is 16.9 Å². The van der Waals surface area contributed by atoms with Gasteiger partial charge >= 0.3 is 5.97 Å². The maximum absolute atomic E-state index is 13.3. The first-order valence-corrected chi connectivity index (χ1v) is 11.3. The third-order valence-electron chi connectivity index (χ3n) is 4.40. The number of hydrogen-bond donors (Lipinski definition) is 1. The first kappa shape index (κ1) is 21.9. The van der Waals surface area contributed by atoms with Gasteiger partial charge in [-0.1, -0.05) is 42.8 Å². The highest BCUT2D eigenvalue weighted by atomic mass is 35.5. The number of carboxylic acids is 1. The molecular formula is C23H21ClO5S. The quantitative estimate of drug-likeness (QED) is 0.512. The molecule has 0 amide bonds. The Labute approximate surface area is 180 Å². The van der Waals surface area contributed by atoms with E-state index in [1.54, 1.807) is 30.3 Å². The van der Waals surface area contributed by atoms with Crippen molar-refractivity contribution in [2.24, 2.45) is 0 Å². The lowest BCUT2D eigenvalue weighted by Crippen LogP contribution is -2.07. The molecule has 0 aliphatic rings. The average Bonchev–Trinajstić information content (AvgIpc) is 2.72. The SMILES string of the molecule is CCCOc1cc(CC(=O)O)cc(S(=O)(=O)c2cccc(-c3ccc(Cl)cc3)c2)c1. The highest BCUT2D eigenvalue weighted by Crippen LogP contribution is 2.30. The van der Waals surface area contributed by atoms with Crippen LogP contribution >= 0.6 is 11.6 Å². The van der Waals surface area contributed by atoms with Gasteiger partial charge in [-0.05, 0) is 65.6 Å². The van der Waals surface area contributed by atoms with Gasteiger partial charge < -0.3 is 9.84 Å². The molecule has 0 bridgehead atoms. The second-order valence-corrected chi connectivity index (χ2v) is 9.16. The maximum Gasteiger partial charge on any atom is 0.307 e. The van der Waals surface area contributed by atoms with Crippen LogP contribution in [-0.4, -0.2) is 26.1 Å². The number of hydrogen-bond acceptors (Lipinski definition) is 4. The van der Waals surface area contributed by atoms with Gasteiger partial charge in [-0.3, -0.25) is 4.79 Å². The number of carbonyl (C=O) groups is 1. The number of halogens is 1. The van der Waals surface area contributed by atoms with Crippen molar-refractivity contribution in [2.45, 2.75) is 29.6 Å². The first-order valence-electron chi connectivity index (χ1n) is 9.39. The molecule has 0 atom stereocenters. The second-order valence-electron chi connectivity index (χ2n) is 6.77. The van der Waals surface area contributed by atoms with Crippen molar-refractivity contribution >= 4 is 27.4 Å². The minimum atomic E-state index is -3.88. The third-order valence-corrected chi connectivity index (χ3v) is 6.38. The lowest BCUT2D eigenvalue weighted by Gasteiger charge is -2.12. The van der Waals surface area contributed by atoms with Crippen LogP contribution in [0.4, 0.5) is 0 Å². The largest absolute Gasteiger partial charge is 0.494 e. The van der Waals surface area contributed by atoms with Gasteiger partial charge in [-0.2, -0.15) is 0 Å². The Morgan fingerprint density at radius 3 is 2.37 bits per heavy atom. The topological polar surface area (TPSA) is 80.7 Å². The number of rotatable bonds is 8. The van der Waals surface area contributed by atoms with E-state index < -0.39 is 15.8 Å². The predicted molar refractivity (Wildman–Crippen MR) is 116 cm³/mol. The second kappa shape index (κ2) is 9.32. The molecule has 3 rings (SSSR count). The molecule has 3 aromatic rings. The maximum atomic E-state index is 13.3. The normalized spacial score (nSPS) is 11.3. The molecule has 0 fully saturated rings. The van der Waals surface area contributed by atoms with Crippen molar-refractivity contribution in [3.05, 3.63) is 77.3 Å². The van der Waals surface area contributed by atoms with Gasteiger partial charge in [0.2, 0.25) is 9.84 Å². The minimum Gasteiger partial charge on any atom is -0.494 e. The Bertz CT molecular complexity index is 1150. The van der Waals surface area contributed by atoms with Crippen LogP contribution in [0.1, 0.15) is 18.9 Å². The Hall–Kier alpha value is -2.83. The highest BCUT2D eigenvalue weighted by molar-refractivity contribution is 7.91. The molecule has 0 heterocycles. The number of ether oxygens (including phenoxy) is 1. The van der Waals surface area contributed by atoms with Gasteiger partial charge in [0.1, 0.15) is 5.75 Å². The van der Waals surface area contributed by atoms with Gasteiger partial charge in [0.05, 0.1) is 22.8 Å². The third kappa shape index (κ3) is 5.20. The molecule has 5 nitrogen and oxygen atoms in total. The van der Waals surface area contributed by atoms with Gasteiger partial charge in [0.15, 0.2) is 0 Å². The molecule has 156 valence electrons. The lowest BCUT2D eigenvalue weighted by molar-refractivity contribution is -0.136. The van der Waals surface area contributed by atoms with E-state index >= 15 is 0 Å². The summed E-state index contributed by atoms with van der Waals surface area (Å²) in [7, 11) is -3.88. The zero-order valence-electron chi connectivity index (χ0n) is 16.3. The van der Waals surface area contributed by atoms with Crippen LogP contribution in [0.15, 0.2) is 76.5 Å². The zero-order chi connectivity index (χ0) is 21.7. The summed E-state index contributed by atoms with van der Waals surface area (Å²) in [5, 5.41) is 9.72. The Kier molecular flexibility index (Phi) is 6.80. The van der Waals surface area contributed by atoms with Crippen LogP contribution in [0, 0.1) is 0 Å². The molecule has 0 saturated carbocycles. The van der Waals surface area contributed by atoms with E-state index in [1.807, 2.05) is 25.1 Å². The minimum absolute atomic E-state index is 0.000564. The molecule has 0 aromatic heterocycles. The Balaban J connectivity index is 2.05. The summed E-state index contributed by atoms with van der Waals surface area (Å²) >= 11 is 5.94. The van der Waals surface area contributed by atoms with Gasteiger partial charge in [-0.25, -0.2) is 8.42 Å². The molecule has 0 aliphatic carbocycles. The predicted octanol–water partition coefficient (Wildman–Crippen LogP) is 5.26. The van der Waals surface area contributed by atoms with Crippen molar-refractivity contribution in [1.29, 1.82) is 0 Å². The summed E-state index contributed by atoms with van der Waals surface area (Å²) in [5.41, 5.74) is 1.93. The van der Waals surface area contributed by atoms with Crippen molar-refractivity contribution in [2.75, 3.05) is 6.61 Å². The smallest absolute Gasteiger partial charge is 0.307 e. The van der Waals surface area contributed by atoms with Crippen LogP contribution in [0.5, 0.6) is 5.75 Å². The van der Waals surface area contributed by atoms with Crippen molar-refractivity contribution in [1.82, 2.24) is 0 Å². The van der Waals surface area contributed by atoms with E-state index in [9.17, 15) is 13.2 Å². The lowest BCUT2D eigenvalue weighted by atomic mass is 10.1. The van der Waals surface area contributed by atoms with Crippen LogP contribution < -0.4 is 4.74 Å². The molecule has 30 heavy (non-hydrogen) atoms. The standard InChI is InChI=1S/C23H21ClO5S/c1-2-10-29-20-11-16(13-23(25)26)12-22(15-20)30(27,28)21-5-3-4-18(14-21)17-6-8-19(24)9-7-17/h3-9,11-12,14-15H,2,10,13H2,1H3,(H,25,26). The fourth-order valence-corrected chi connectivity index (χ4v) is 4.50. The molecule has 0 aliphatic heterocycles. The summed E-state index contributed by atoms with van der Waals surface area (Å²) in [6.07, 6.45) is 0.449. The van der Waals surface area contributed by atoms with E-state index in [0.717, 1.165) is 17.5 Å². The highest BCUT2D eigenvalue weighted by Gasteiger charge is 2.21. The molecule has 3 aromatic carbocycles. The Morgan fingerprint density at radius 2 is 1.70 bits per heavy atom. The molecule has 0 saturated heterocycles. The van der Waals surface area contributed by atoms with Gasteiger partial charge in [-0.15, -0.1) is 0 Å². The van der Waals surface area contributed by atoms with Crippen LogP contribution in [0.2, 0.25) is 5.02 Å². The number of sulfone groups is 1. The average molecular weight is 445 g/mol. The zero-order valence-corrected chi connectivity index (χ0v) is 17.9. The van der Waals surface area contributed by atoms with Crippen LogP contribution in [-0.2, 0) is 21.1 Å². The van der Waals surface area contributed by atoms with Crippen molar-refractivity contribution < 1.29 is 23.1 Å². The summed E-state index contributed by atoms with van der Waals surface area (Å²) in [5.74, 6) is -0.709. The summed E-state index contributed by atoms with van der Waals surface area (Å²) < 4.78 is 32.2. The van der Waals surface area contributed by atoms with Crippen molar-refractivity contribution in [3.63, 3.8) is 0 Å². The van der Waals surface area contributed by atoms with E-state index in [2.05, 4.69) is 0 Å². The summed E-state index contributed by atoms with van der Waals surface area (Å²) in [6, 6.07) is 18.1. The van der Waals surface area contributed by atoms with E-state index in [1.165, 1.54) is 18.2 Å². The molecular weight excluding hydrogens is 424 g/mol. The summed E-state index contributed by atoms with van der Waals surface area (Å²) in [6.45, 7) is 2.34. The van der Waals surface area contributed by atoms with Crippen LogP contribution in [0.3, 0.4) is 0 Å². The Morgan fingerprint density at radius 1 is 0.967 bits per heavy atom. The molecule has 1 N–H and O–H groups in total. The molecule has 0 spiro atoms. The van der Waals surface area contributed by atoms with E-state index in [4.69, 9.17) is 21.4 Å². The van der Waals surface area contributed by atoms with Gasteiger partial charge in [0.25, 0.3) is 0 Å². The first-order chi connectivity index (χ1) is 14.3. The fourth-order valence-electron chi connectivity index (χ4n) is 2.99. The molecule has 0 radical (unpaired) electrons. The monoisotopic (exact) mass is 444 g/mol. The van der Waals surface area contributed by atoms with E-state index in [0.29, 0.717) is 22.9 Å². The summed E-state index contributed by atoms with van der Waals surface area (Å²) in [4.78, 5) is 11.3. The van der Waals surface area contributed by atoms with Crippen LogP contribution in [0.25, 0.3) is 11.1 Å². The number of benzene rings is 3. The van der Waals surface area contributed by atoms with E-state index in [-0.39, 0.29) is 16.2 Å². The number of carboxylic acid groups (broad SMARTS) is 1.